The summed E-state index contributed by atoms with van der Waals surface area (Å²) in [5.74, 6) is -0.259. The Hall–Kier alpha value is -3.98. The molecule has 2 aromatic heterocycles. The lowest BCUT2D eigenvalue weighted by atomic mass is 9.95. The van der Waals surface area contributed by atoms with Crippen molar-refractivity contribution in [3.8, 4) is 17.2 Å². The number of anilines is 1. The van der Waals surface area contributed by atoms with Gasteiger partial charge in [-0.25, -0.2) is 9.67 Å². The van der Waals surface area contributed by atoms with Gasteiger partial charge in [0.2, 0.25) is 0 Å². The molecule has 1 amide bonds. The Balaban J connectivity index is 1.68. The molecule has 0 aliphatic carbocycles. The van der Waals surface area contributed by atoms with Crippen LogP contribution in [0.1, 0.15) is 35.8 Å². The number of hydrogen-bond acceptors (Lipinski definition) is 4. The quantitative estimate of drug-likeness (QED) is 0.550. The lowest BCUT2D eigenvalue weighted by Crippen LogP contribution is -2.13. The van der Waals surface area contributed by atoms with Gasteiger partial charge in [-0.1, -0.05) is 36.4 Å². The third kappa shape index (κ3) is 3.46. The van der Waals surface area contributed by atoms with Gasteiger partial charge < -0.3 is 5.32 Å². The molecule has 6 heteroatoms. The largest absolute Gasteiger partial charge is 0.321 e. The molecule has 0 aliphatic heterocycles. The van der Waals surface area contributed by atoms with Gasteiger partial charge in [-0.05, 0) is 37.6 Å². The standard InChI is InChI=1S/C23H19N5O/c1-15(2)28-22-17(13-26-28)11-18(14-25-22)27-23(29)21-10-6-5-9-20(21)19-8-4-3-7-16(19)12-24/h3-11,13-15H,1-2H3,(H,27,29). The van der Waals surface area contributed by atoms with E-state index in [0.29, 0.717) is 22.4 Å². The van der Waals surface area contributed by atoms with E-state index in [1.54, 1.807) is 24.5 Å². The Morgan fingerprint density at radius 2 is 1.79 bits per heavy atom. The summed E-state index contributed by atoms with van der Waals surface area (Å²) in [6.07, 6.45) is 3.38. The molecule has 4 rings (SSSR count). The van der Waals surface area contributed by atoms with E-state index in [4.69, 9.17) is 0 Å². The highest BCUT2D eigenvalue weighted by atomic mass is 16.1. The van der Waals surface area contributed by atoms with Gasteiger partial charge in [-0.3, -0.25) is 4.79 Å². The van der Waals surface area contributed by atoms with E-state index in [-0.39, 0.29) is 11.9 Å². The highest BCUT2D eigenvalue weighted by molar-refractivity contribution is 6.09. The first-order valence-electron chi connectivity index (χ1n) is 9.31. The van der Waals surface area contributed by atoms with E-state index in [1.807, 2.05) is 61.0 Å². The molecular formula is C23H19N5O. The van der Waals surface area contributed by atoms with Gasteiger partial charge in [0.05, 0.1) is 29.7 Å². The number of benzene rings is 2. The molecule has 0 unspecified atom stereocenters. The van der Waals surface area contributed by atoms with Crippen LogP contribution >= 0.6 is 0 Å². The molecule has 2 aromatic carbocycles. The number of aromatic nitrogens is 3. The van der Waals surface area contributed by atoms with Crippen molar-refractivity contribution in [1.82, 2.24) is 14.8 Å². The van der Waals surface area contributed by atoms with Crippen LogP contribution in [-0.2, 0) is 0 Å². The number of pyridine rings is 1. The minimum atomic E-state index is -0.259. The maximum Gasteiger partial charge on any atom is 0.256 e. The monoisotopic (exact) mass is 381 g/mol. The van der Waals surface area contributed by atoms with Crippen molar-refractivity contribution in [3.05, 3.63) is 78.1 Å². The number of fused-ring (bicyclic) bond motifs is 1. The number of rotatable bonds is 4. The maximum absolute atomic E-state index is 13.0. The van der Waals surface area contributed by atoms with Crippen molar-refractivity contribution in [3.63, 3.8) is 0 Å². The topological polar surface area (TPSA) is 83.6 Å². The molecule has 0 fully saturated rings. The Kier molecular flexibility index (Phi) is 4.80. The molecule has 6 nitrogen and oxygen atoms in total. The summed E-state index contributed by atoms with van der Waals surface area (Å²) in [6, 6.07) is 18.8. The van der Waals surface area contributed by atoms with Crippen molar-refractivity contribution in [1.29, 1.82) is 5.26 Å². The number of nitriles is 1. The number of nitrogens with zero attached hydrogens (tertiary/aromatic N) is 4. The predicted molar refractivity (Wildman–Crippen MR) is 112 cm³/mol. The Labute approximate surface area is 168 Å². The summed E-state index contributed by atoms with van der Waals surface area (Å²) in [5.41, 5.74) is 3.83. The average Bonchev–Trinajstić information content (AvgIpc) is 3.17. The van der Waals surface area contributed by atoms with E-state index >= 15 is 0 Å². The van der Waals surface area contributed by atoms with E-state index in [9.17, 15) is 10.1 Å². The van der Waals surface area contributed by atoms with Gasteiger partial charge in [-0.15, -0.1) is 0 Å². The van der Waals surface area contributed by atoms with Crippen molar-refractivity contribution in [2.45, 2.75) is 19.9 Å². The van der Waals surface area contributed by atoms with Gasteiger partial charge in [0.25, 0.3) is 5.91 Å². The minimum absolute atomic E-state index is 0.201. The van der Waals surface area contributed by atoms with E-state index < -0.39 is 0 Å². The SMILES string of the molecule is CC(C)n1ncc2cc(NC(=O)c3ccccc3-c3ccccc3C#N)cnc21. The maximum atomic E-state index is 13.0. The Bertz CT molecular complexity index is 1250. The first-order chi connectivity index (χ1) is 14.1. The third-order valence-electron chi connectivity index (χ3n) is 4.69. The zero-order chi connectivity index (χ0) is 20.4. The number of amides is 1. The highest BCUT2D eigenvalue weighted by Crippen LogP contribution is 2.28. The smallest absolute Gasteiger partial charge is 0.256 e. The van der Waals surface area contributed by atoms with Gasteiger partial charge >= 0.3 is 0 Å². The third-order valence-corrected chi connectivity index (χ3v) is 4.69. The van der Waals surface area contributed by atoms with Crippen LogP contribution in [0.25, 0.3) is 22.2 Å². The van der Waals surface area contributed by atoms with Crippen LogP contribution in [0.5, 0.6) is 0 Å². The summed E-state index contributed by atoms with van der Waals surface area (Å²) >= 11 is 0. The normalized spacial score (nSPS) is 10.8. The van der Waals surface area contributed by atoms with Gasteiger partial charge in [0.15, 0.2) is 5.65 Å². The van der Waals surface area contributed by atoms with Gasteiger partial charge in [-0.2, -0.15) is 10.4 Å². The molecule has 0 atom stereocenters. The first-order valence-corrected chi connectivity index (χ1v) is 9.31. The summed E-state index contributed by atoms with van der Waals surface area (Å²) in [4.78, 5) is 17.5. The highest BCUT2D eigenvalue weighted by Gasteiger charge is 2.16. The molecule has 0 bridgehead atoms. The average molecular weight is 381 g/mol. The predicted octanol–water partition coefficient (Wildman–Crippen LogP) is 4.80. The summed E-state index contributed by atoms with van der Waals surface area (Å²) in [7, 11) is 0. The zero-order valence-electron chi connectivity index (χ0n) is 16.1. The summed E-state index contributed by atoms with van der Waals surface area (Å²) in [5, 5.41) is 17.6. The molecule has 29 heavy (non-hydrogen) atoms. The molecule has 4 aromatic rings. The first kappa shape index (κ1) is 18.4. The van der Waals surface area contributed by atoms with Crippen LogP contribution in [0, 0.1) is 11.3 Å². The van der Waals surface area contributed by atoms with Crippen molar-refractivity contribution >= 4 is 22.6 Å². The summed E-state index contributed by atoms with van der Waals surface area (Å²) < 4.78 is 1.84. The molecule has 0 saturated carbocycles. The van der Waals surface area contributed by atoms with Crippen LogP contribution in [0.3, 0.4) is 0 Å². The fourth-order valence-corrected chi connectivity index (χ4v) is 3.32. The minimum Gasteiger partial charge on any atom is -0.321 e. The Morgan fingerprint density at radius 3 is 2.55 bits per heavy atom. The fourth-order valence-electron chi connectivity index (χ4n) is 3.32. The molecule has 0 spiro atoms. The molecular weight excluding hydrogens is 362 g/mol. The lowest BCUT2D eigenvalue weighted by Gasteiger charge is -2.12. The second kappa shape index (κ2) is 7.56. The second-order valence-electron chi connectivity index (χ2n) is 6.98. The van der Waals surface area contributed by atoms with Crippen LogP contribution < -0.4 is 5.32 Å². The number of hydrogen-bond donors (Lipinski definition) is 1. The van der Waals surface area contributed by atoms with E-state index in [0.717, 1.165) is 16.6 Å². The fraction of sp³-hybridized carbons (Fsp3) is 0.130. The molecule has 1 N–H and O–H groups in total. The van der Waals surface area contributed by atoms with Crippen molar-refractivity contribution in [2.75, 3.05) is 5.32 Å². The van der Waals surface area contributed by atoms with E-state index in [2.05, 4.69) is 21.5 Å². The van der Waals surface area contributed by atoms with Gasteiger partial charge in [0.1, 0.15) is 0 Å². The molecule has 0 aliphatic rings. The zero-order valence-corrected chi connectivity index (χ0v) is 16.1. The van der Waals surface area contributed by atoms with Crippen LogP contribution in [-0.4, -0.2) is 20.7 Å². The van der Waals surface area contributed by atoms with E-state index in [1.165, 1.54) is 0 Å². The van der Waals surface area contributed by atoms with Crippen molar-refractivity contribution < 1.29 is 4.79 Å². The molecule has 142 valence electrons. The summed E-state index contributed by atoms with van der Waals surface area (Å²) in [6.45, 7) is 4.08. The lowest BCUT2D eigenvalue weighted by molar-refractivity contribution is 0.102. The number of carbonyl (C=O) groups excluding carboxylic acids is 1. The molecule has 2 heterocycles. The van der Waals surface area contributed by atoms with Crippen LogP contribution in [0.15, 0.2) is 67.0 Å². The van der Waals surface area contributed by atoms with Crippen LogP contribution in [0.4, 0.5) is 5.69 Å². The molecule has 0 saturated heterocycles. The molecule has 0 radical (unpaired) electrons. The number of carbonyl (C=O) groups is 1. The van der Waals surface area contributed by atoms with Crippen molar-refractivity contribution in [2.24, 2.45) is 0 Å². The second-order valence-corrected chi connectivity index (χ2v) is 6.98. The van der Waals surface area contributed by atoms with Gasteiger partial charge in [0, 0.05) is 22.6 Å². The Morgan fingerprint density at radius 1 is 1.07 bits per heavy atom. The number of nitrogens with one attached hydrogen (secondary N) is 1. The van der Waals surface area contributed by atoms with Crippen LogP contribution in [0.2, 0.25) is 0 Å².